The van der Waals surface area contributed by atoms with Crippen LogP contribution in [0.15, 0.2) is 28.7 Å². The first-order chi connectivity index (χ1) is 8.00. The highest BCUT2D eigenvalue weighted by Crippen LogP contribution is 2.38. The molecule has 1 unspecified atom stereocenters. The van der Waals surface area contributed by atoms with Crippen LogP contribution in [0, 0.1) is 12.7 Å². The second-order valence-corrected chi connectivity index (χ2v) is 6.16. The third-order valence-electron chi connectivity index (χ3n) is 2.36. The lowest BCUT2D eigenvalue weighted by molar-refractivity contribution is 0.218. The first-order valence-corrected chi connectivity index (χ1v) is 6.87. The van der Waals surface area contributed by atoms with E-state index in [1.807, 2.05) is 13.0 Å². The molecule has 1 nitrogen and oxygen atoms in total. The van der Waals surface area contributed by atoms with Crippen molar-refractivity contribution >= 4 is 38.9 Å². The number of hydrogen-bond donors (Lipinski definition) is 1. The molecule has 0 saturated carbocycles. The van der Waals surface area contributed by atoms with Crippen LogP contribution in [0.2, 0.25) is 5.02 Å². The lowest BCUT2D eigenvalue weighted by Gasteiger charge is -2.12. The maximum atomic E-state index is 13.7. The van der Waals surface area contributed by atoms with Crippen LogP contribution in [-0.4, -0.2) is 5.11 Å². The molecule has 1 N–H and O–H groups in total. The standard InChI is InChI=1S/C12H9BrClFOS/c1-6-5-7(13)12(17-6)11(16)10-8(14)3-2-4-9(10)15/h2-5,11,16H,1H3. The largest absolute Gasteiger partial charge is 0.383 e. The summed E-state index contributed by atoms with van der Waals surface area (Å²) in [6.45, 7) is 1.93. The van der Waals surface area contributed by atoms with Gasteiger partial charge in [0.15, 0.2) is 0 Å². The number of aliphatic hydroxyl groups excluding tert-OH is 1. The maximum Gasteiger partial charge on any atom is 0.130 e. The summed E-state index contributed by atoms with van der Waals surface area (Å²) >= 11 is 10.7. The van der Waals surface area contributed by atoms with E-state index in [9.17, 15) is 9.50 Å². The van der Waals surface area contributed by atoms with Crippen LogP contribution in [0.4, 0.5) is 4.39 Å². The van der Waals surface area contributed by atoms with Gasteiger partial charge in [-0.15, -0.1) is 11.3 Å². The number of hydrogen-bond acceptors (Lipinski definition) is 2. The highest BCUT2D eigenvalue weighted by molar-refractivity contribution is 9.10. The van der Waals surface area contributed by atoms with Gasteiger partial charge in [-0.2, -0.15) is 0 Å². The maximum absolute atomic E-state index is 13.7. The summed E-state index contributed by atoms with van der Waals surface area (Å²) in [6.07, 6.45) is -1.04. The Bertz CT molecular complexity index is 535. The summed E-state index contributed by atoms with van der Waals surface area (Å²) in [6, 6.07) is 6.26. The van der Waals surface area contributed by atoms with Crippen molar-refractivity contribution in [2.24, 2.45) is 0 Å². The summed E-state index contributed by atoms with van der Waals surface area (Å²) in [5, 5.41) is 10.4. The number of halogens is 3. The molecule has 0 spiro atoms. The fourth-order valence-electron chi connectivity index (χ4n) is 1.59. The molecule has 0 bridgehead atoms. The summed E-state index contributed by atoms with van der Waals surface area (Å²) in [5.41, 5.74) is 0.122. The Labute approximate surface area is 116 Å². The van der Waals surface area contributed by atoms with Gasteiger partial charge in [0.1, 0.15) is 11.9 Å². The van der Waals surface area contributed by atoms with Gasteiger partial charge in [0, 0.05) is 19.9 Å². The molecule has 0 aliphatic rings. The van der Waals surface area contributed by atoms with E-state index in [1.165, 1.54) is 23.5 Å². The molecule has 0 aliphatic carbocycles. The molecular formula is C12H9BrClFOS. The molecular weight excluding hydrogens is 327 g/mol. The van der Waals surface area contributed by atoms with E-state index in [-0.39, 0.29) is 10.6 Å². The van der Waals surface area contributed by atoms with Crippen molar-refractivity contribution in [2.75, 3.05) is 0 Å². The zero-order chi connectivity index (χ0) is 12.6. The van der Waals surface area contributed by atoms with Gasteiger partial charge in [0.2, 0.25) is 0 Å². The lowest BCUT2D eigenvalue weighted by Crippen LogP contribution is -2.02. The van der Waals surface area contributed by atoms with Gasteiger partial charge in [0.25, 0.3) is 0 Å². The molecule has 5 heteroatoms. The predicted octanol–water partition coefficient (Wildman–Crippen LogP) is 4.69. The minimum atomic E-state index is -1.04. The molecule has 17 heavy (non-hydrogen) atoms. The third-order valence-corrected chi connectivity index (χ3v) is 4.71. The molecule has 1 aromatic carbocycles. The molecule has 90 valence electrons. The van der Waals surface area contributed by atoms with Gasteiger partial charge in [-0.05, 0) is 41.1 Å². The molecule has 2 aromatic rings. The van der Waals surface area contributed by atoms with Crippen molar-refractivity contribution < 1.29 is 9.50 Å². The zero-order valence-corrected chi connectivity index (χ0v) is 12.0. The summed E-state index contributed by atoms with van der Waals surface area (Å²) < 4.78 is 14.4. The van der Waals surface area contributed by atoms with Gasteiger partial charge in [-0.1, -0.05) is 17.7 Å². The molecule has 2 rings (SSSR count). The Hall–Kier alpha value is -0.420. The second kappa shape index (κ2) is 5.06. The van der Waals surface area contributed by atoms with Gasteiger partial charge in [0.05, 0.1) is 4.88 Å². The minimum absolute atomic E-state index is 0.122. The molecule has 0 amide bonds. The van der Waals surface area contributed by atoms with Crippen LogP contribution < -0.4 is 0 Å². The van der Waals surface area contributed by atoms with E-state index in [0.717, 1.165) is 9.35 Å². The van der Waals surface area contributed by atoms with Crippen LogP contribution in [0.5, 0.6) is 0 Å². The SMILES string of the molecule is Cc1cc(Br)c(C(O)c2c(F)cccc2Cl)s1. The predicted molar refractivity (Wildman–Crippen MR) is 72.2 cm³/mol. The molecule has 0 aliphatic heterocycles. The topological polar surface area (TPSA) is 20.2 Å². The normalized spacial score (nSPS) is 12.8. The third kappa shape index (κ3) is 2.55. The van der Waals surface area contributed by atoms with E-state index in [1.54, 1.807) is 6.07 Å². The Kier molecular flexibility index (Phi) is 3.88. The molecule has 1 atom stereocenters. The van der Waals surface area contributed by atoms with Crippen LogP contribution in [-0.2, 0) is 0 Å². The van der Waals surface area contributed by atoms with Crippen LogP contribution in [0.1, 0.15) is 21.4 Å². The molecule has 1 aromatic heterocycles. The summed E-state index contributed by atoms with van der Waals surface area (Å²) in [5.74, 6) is -0.497. The number of aryl methyl sites for hydroxylation is 1. The van der Waals surface area contributed by atoms with E-state index in [0.29, 0.717) is 4.88 Å². The Balaban J connectivity index is 2.51. The second-order valence-electron chi connectivity index (χ2n) is 3.61. The van der Waals surface area contributed by atoms with Crippen LogP contribution >= 0.6 is 38.9 Å². The number of benzene rings is 1. The quantitative estimate of drug-likeness (QED) is 0.844. The highest BCUT2D eigenvalue weighted by Gasteiger charge is 2.22. The smallest absolute Gasteiger partial charge is 0.130 e. The lowest BCUT2D eigenvalue weighted by atomic mass is 10.1. The van der Waals surface area contributed by atoms with Crippen molar-refractivity contribution in [3.63, 3.8) is 0 Å². The zero-order valence-electron chi connectivity index (χ0n) is 8.88. The van der Waals surface area contributed by atoms with Crippen molar-refractivity contribution in [2.45, 2.75) is 13.0 Å². The van der Waals surface area contributed by atoms with Gasteiger partial charge >= 0.3 is 0 Å². The summed E-state index contributed by atoms with van der Waals surface area (Å²) in [7, 11) is 0. The monoisotopic (exact) mass is 334 g/mol. The molecule has 0 radical (unpaired) electrons. The Morgan fingerprint density at radius 3 is 2.71 bits per heavy atom. The Morgan fingerprint density at radius 1 is 1.47 bits per heavy atom. The van der Waals surface area contributed by atoms with Crippen molar-refractivity contribution in [3.8, 4) is 0 Å². The highest BCUT2D eigenvalue weighted by atomic mass is 79.9. The van der Waals surface area contributed by atoms with E-state index in [2.05, 4.69) is 15.9 Å². The average Bonchev–Trinajstić information content (AvgIpc) is 2.57. The number of thiophene rings is 1. The fourth-order valence-corrected chi connectivity index (χ4v) is 3.72. The first kappa shape index (κ1) is 13.0. The van der Waals surface area contributed by atoms with E-state index >= 15 is 0 Å². The summed E-state index contributed by atoms with van der Waals surface area (Å²) in [4.78, 5) is 1.70. The van der Waals surface area contributed by atoms with Gasteiger partial charge < -0.3 is 5.11 Å². The van der Waals surface area contributed by atoms with Crippen molar-refractivity contribution in [3.05, 3.63) is 54.9 Å². The fraction of sp³-hybridized carbons (Fsp3) is 0.167. The molecule has 1 heterocycles. The van der Waals surface area contributed by atoms with Crippen molar-refractivity contribution in [1.82, 2.24) is 0 Å². The van der Waals surface area contributed by atoms with E-state index < -0.39 is 11.9 Å². The number of rotatable bonds is 2. The van der Waals surface area contributed by atoms with Crippen LogP contribution in [0.25, 0.3) is 0 Å². The minimum Gasteiger partial charge on any atom is -0.383 e. The van der Waals surface area contributed by atoms with Crippen molar-refractivity contribution in [1.29, 1.82) is 0 Å². The number of aliphatic hydroxyl groups is 1. The first-order valence-electron chi connectivity index (χ1n) is 4.88. The van der Waals surface area contributed by atoms with E-state index in [4.69, 9.17) is 11.6 Å². The van der Waals surface area contributed by atoms with Gasteiger partial charge in [-0.25, -0.2) is 4.39 Å². The molecule has 0 saturated heterocycles. The van der Waals surface area contributed by atoms with Gasteiger partial charge in [-0.3, -0.25) is 0 Å². The molecule has 0 fully saturated rings. The Morgan fingerprint density at radius 2 is 2.18 bits per heavy atom. The average molecular weight is 336 g/mol. The van der Waals surface area contributed by atoms with Crippen LogP contribution in [0.3, 0.4) is 0 Å².